The van der Waals surface area contributed by atoms with Gasteiger partial charge in [0.05, 0.1) is 5.02 Å². The van der Waals surface area contributed by atoms with E-state index in [2.05, 4.69) is 17.3 Å². The van der Waals surface area contributed by atoms with Crippen molar-refractivity contribution in [1.82, 2.24) is 4.90 Å². The van der Waals surface area contributed by atoms with E-state index in [0.29, 0.717) is 18.0 Å². The van der Waals surface area contributed by atoms with E-state index in [1.165, 1.54) is 18.2 Å². The van der Waals surface area contributed by atoms with Crippen molar-refractivity contribution in [3.8, 4) is 0 Å². The number of nitrogens with one attached hydrogen (secondary N) is 1. The maximum absolute atomic E-state index is 13.0. The summed E-state index contributed by atoms with van der Waals surface area (Å²) in [7, 11) is 2.09. The lowest BCUT2D eigenvalue weighted by Gasteiger charge is -2.28. The predicted octanol–water partition coefficient (Wildman–Crippen LogP) is 3.15. The highest BCUT2D eigenvalue weighted by Crippen LogP contribution is 2.22. The van der Waals surface area contributed by atoms with E-state index in [1.807, 2.05) is 0 Å². The van der Waals surface area contributed by atoms with Crippen LogP contribution in [0.15, 0.2) is 18.2 Å². The van der Waals surface area contributed by atoms with E-state index >= 15 is 0 Å². The van der Waals surface area contributed by atoms with Gasteiger partial charge in [0.15, 0.2) is 0 Å². The Morgan fingerprint density at radius 2 is 2.16 bits per heavy atom. The summed E-state index contributed by atoms with van der Waals surface area (Å²) in [5, 5.41) is 2.79. The highest BCUT2D eigenvalue weighted by atomic mass is 35.5. The van der Waals surface area contributed by atoms with Crippen molar-refractivity contribution in [2.75, 3.05) is 25.5 Å². The second kappa shape index (κ2) is 6.35. The zero-order valence-corrected chi connectivity index (χ0v) is 11.7. The van der Waals surface area contributed by atoms with Crippen molar-refractivity contribution >= 4 is 23.2 Å². The normalized spacial score (nSPS) is 17.4. The smallest absolute Gasteiger partial charge is 0.224 e. The number of hydrogen-bond donors (Lipinski definition) is 1. The molecule has 3 nitrogen and oxygen atoms in total. The molecule has 0 radical (unpaired) electrons. The molecule has 1 aromatic rings. The van der Waals surface area contributed by atoms with E-state index in [-0.39, 0.29) is 10.9 Å². The first-order valence-corrected chi connectivity index (χ1v) is 6.86. The number of carbonyl (C=O) groups is 1. The summed E-state index contributed by atoms with van der Waals surface area (Å²) in [5.41, 5.74) is 0.546. The SMILES string of the molecule is CN1CCC(CC(=O)Nc2ccc(F)c(Cl)c2)CC1. The van der Waals surface area contributed by atoms with Crippen molar-refractivity contribution < 1.29 is 9.18 Å². The molecule has 1 fully saturated rings. The number of anilines is 1. The van der Waals surface area contributed by atoms with E-state index in [4.69, 9.17) is 11.6 Å². The summed E-state index contributed by atoms with van der Waals surface area (Å²) in [5.74, 6) is -0.0701. The van der Waals surface area contributed by atoms with Crippen LogP contribution in [0.4, 0.5) is 10.1 Å². The topological polar surface area (TPSA) is 32.3 Å². The standard InChI is InChI=1S/C14H18ClFN2O/c1-18-6-4-10(5-7-18)8-14(19)17-11-2-3-13(16)12(15)9-11/h2-3,9-10H,4-8H2,1H3,(H,17,19). The lowest BCUT2D eigenvalue weighted by atomic mass is 9.93. The Morgan fingerprint density at radius 1 is 1.47 bits per heavy atom. The van der Waals surface area contributed by atoms with Gasteiger partial charge in [0.2, 0.25) is 5.91 Å². The molecule has 1 aliphatic rings. The van der Waals surface area contributed by atoms with Gasteiger partial charge in [0, 0.05) is 12.1 Å². The monoisotopic (exact) mass is 284 g/mol. The average molecular weight is 285 g/mol. The minimum atomic E-state index is -0.477. The van der Waals surface area contributed by atoms with Crippen LogP contribution in [0.2, 0.25) is 5.02 Å². The summed E-state index contributed by atoms with van der Waals surface area (Å²) in [4.78, 5) is 14.2. The molecule has 0 bridgehead atoms. The van der Waals surface area contributed by atoms with E-state index in [1.54, 1.807) is 0 Å². The minimum absolute atomic E-state index is 0.0251. The molecule has 1 amide bonds. The lowest BCUT2D eigenvalue weighted by Crippen LogP contribution is -2.31. The molecule has 1 aliphatic heterocycles. The van der Waals surface area contributed by atoms with Crippen LogP contribution in [0.3, 0.4) is 0 Å². The Labute approximate surface area is 117 Å². The Kier molecular flexibility index (Phi) is 4.77. The van der Waals surface area contributed by atoms with E-state index in [9.17, 15) is 9.18 Å². The van der Waals surface area contributed by atoms with Gasteiger partial charge in [-0.05, 0) is 57.1 Å². The van der Waals surface area contributed by atoms with Gasteiger partial charge >= 0.3 is 0 Å². The summed E-state index contributed by atoms with van der Waals surface area (Å²) in [6.07, 6.45) is 2.62. The van der Waals surface area contributed by atoms with Crippen LogP contribution >= 0.6 is 11.6 Å². The molecule has 1 N–H and O–H groups in total. The molecule has 104 valence electrons. The van der Waals surface area contributed by atoms with Gasteiger partial charge in [-0.25, -0.2) is 4.39 Å². The quantitative estimate of drug-likeness (QED) is 0.925. The molecule has 1 heterocycles. The van der Waals surface area contributed by atoms with Gasteiger partial charge < -0.3 is 10.2 Å². The summed E-state index contributed by atoms with van der Waals surface area (Å²) in [6, 6.07) is 4.21. The van der Waals surface area contributed by atoms with Crippen LogP contribution < -0.4 is 5.32 Å². The Morgan fingerprint density at radius 3 is 2.79 bits per heavy atom. The van der Waals surface area contributed by atoms with Crippen LogP contribution in [-0.2, 0) is 4.79 Å². The number of halogens is 2. The van der Waals surface area contributed by atoms with Crippen molar-refractivity contribution in [3.05, 3.63) is 29.0 Å². The highest BCUT2D eigenvalue weighted by molar-refractivity contribution is 6.31. The molecule has 1 aromatic carbocycles. The number of piperidine rings is 1. The zero-order chi connectivity index (χ0) is 13.8. The summed E-state index contributed by atoms with van der Waals surface area (Å²) >= 11 is 5.67. The third-order valence-corrected chi connectivity index (χ3v) is 3.81. The Bertz CT molecular complexity index is 459. The van der Waals surface area contributed by atoms with Crippen molar-refractivity contribution in [3.63, 3.8) is 0 Å². The maximum atomic E-state index is 13.0. The molecule has 1 saturated heterocycles. The highest BCUT2D eigenvalue weighted by Gasteiger charge is 2.19. The Balaban J connectivity index is 1.85. The second-order valence-corrected chi connectivity index (χ2v) is 5.54. The van der Waals surface area contributed by atoms with Crippen LogP contribution in [-0.4, -0.2) is 30.9 Å². The number of likely N-dealkylation sites (tertiary alicyclic amines) is 1. The fraction of sp³-hybridized carbons (Fsp3) is 0.500. The molecule has 0 aromatic heterocycles. The number of nitrogens with zero attached hydrogens (tertiary/aromatic N) is 1. The van der Waals surface area contributed by atoms with Crippen molar-refractivity contribution in [1.29, 1.82) is 0 Å². The third kappa shape index (κ3) is 4.18. The summed E-state index contributed by atoms with van der Waals surface area (Å²) < 4.78 is 13.0. The molecule has 0 aliphatic carbocycles. The van der Waals surface area contributed by atoms with Gasteiger partial charge in [0.25, 0.3) is 0 Å². The van der Waals surface area contributed by atoms with E-state index < -0.39 is 5.82 Å². The minimum Gasteiger partial charge on any atom is -0.326 e. The van der Waals surface area contributed by atoms with Crippen molar-refractivity contribution in [2.24, 2.45) is 5.92 Å². The van der Waals surface area contributed by atoms with Gasteiger partial charge in [-0.3, -0.25) is 4.79 Å². The largest absolute Gasteiger partial charge is 0.326 e. The second-order valence-electron chi connectivity index (χ2n) is 5.13. The first-order chi connectivity index (χ1) is 9.04. The molecular formula is C14H18ClFN2O. The number of amides is 1. The van der Waals surface area contributed by atoms with E-state index in [0.717, 1.165) is 25.9 Å². The summed E-state index contributed by atoms with van der Waals surface area (Å²) in [6.45, 7) is 2.08. The molecule has 0 atom stereocenters. The molecular weight excluding hydrogens is 267 g/mol. The molecule has 0 saturated carbocycles. The predicted molar refractivity (Wildman–Crippen MR) is 74.9 cm³/mol. The van der Waals surface area contributed by atoms with Crippen LogP contribution in [0.25, 0.3) is 0 Å². The van der Waals surface area contributed by atoms with Gasteiger partial charge in [-0.15, -0.1) is 0 Å². The Hall–Kier alpha value is -1.13. The van der Waals surface area contributed by atoms with Gasteiger partial charge in [-0.1, -0.05) is 11.6 Å². The fourth-order valence-electron chi connectivity index (χ4n) is 2.31. The first-order valence-electron chi connectivity index (χ1n) is 6.48. The molecule has 19 heavy (non-hydrogen) atoms. The number of rotatable bonds is 3. The zero-order valence-electron chi connectivity index (χ0n) is 11.0. The third-order valence-electron chi connectivity index (χ3n) is 3.52. The number of hydrogen-bond acceptors (Lipinski definition) is 2. The number of carbonyl (C=O) groups excluding carboxylic acids is 1. The first kappa shape index (κ1) is 14.3. The maximum Gasteiger partial charge on any atom is 0.224 e. The molecule has 5 heteroatoms. The molecule has 2 rings (SSSR count). The molecule has 0 unspecified atom stereocenters. The lowest BCUT2D eigenvalue weighted by molar-refractivity contribution is -0.117. The number of benzene rings is 1. The molecule has 0 spiro atoms. The van der Waals surface area contributed by atoms with Crippen LogP contribution in [0.5, 0.6) is 0 Å². The fourth-order valence-corrected chi connectivity index (χ4v) is 2.49. The van der Waals surface area contributed by atoms with Crippen LogP contribution in [0, 0.1) is 11.7 Å². The average Bonchev–Trinajstić information content (AvgIpc) is 2.37. The van der Waals surface area contributed by atoms with Gasteiger partial charge in [0.1, 0.15) is 5.82 Å². The van der Waals surface area contributed by atoms with Crippen LogP contribution in [0.1, 0.15) is 19.3 Å². The van der Waals surface area contributed by atoms with Gasteiger partial charge in [-0.2, -0.15) is 0 Å². The van der Waals surface area contributed by atoms with Crippen molar-refractivity contribution in [2.45, 2.75) is 19.3 Å².